The van der Waals surface area contributed by atoms with Gasteiger partial charge in [-0.25, -0.2) is 4.79 Å². The Morgan fingerprint density at radius 1 is 1.11 bits per heavy atom. The van der Waals surface area contributed by atoms with E-state index in [-0.39, 0.29) is 12.4 Å². The molecule has 0 N–H and O–H groups in total. The molecule has 6 nitrogen and oxygen atoms in total. The number of ether oxygens (including phenoxy) is 2. The highest BCUT2D eigenvalue weighted by molar-refractivity contribution is 6.00. The highest BCUT2D eigenvalue weighted by atomic mass is 16.5. The molecule has 6 heteroatoms. The summed E-state index contributed by atoms with van der Waals surface area (Å²) in [4.78, 5) is 26.6. The van der Waals surface area contributed by atoms with Gasteiger partial charge in [-0.15, -0.1) is 0 Å². The van der Waals surface area contributed by atoms with Gasteiger partial charge in [-0.3, -0.25) is 4.79 Å². The van der Waals surface area contributed by atoms with E-state index in [0.717, 1.165) is 30.0 Å². The number of aromatic nitrogens is 1. The van der Waals surface area contributed by atoms with E-state index in [9.17, 15) is 9.59 Å². The Bertz CT molecular complexity index is 791. The predicted molar refractivity (Wildman–Crippen MR) is 106 cm³/mol. The first kappa shape index (κ1) is 20.7. The standard InChI is InChI=1S/C21H28N2O4/c1-15-13-19(16(2)23(15)11-6-12-26-5)20(24)14-27-21(25)17-7-9-18(10-8-17)22(3)4/h7-10,13H,6,11-12,14H2,1-5H3. The molecule has 0 aliphatic heterocycles. The van der Waals surface area contributed by atoms with Gasteiger partial charge in [-0.1, -0.05) is 0 Å². The van der Waals surface area contributed by atoms with Crippen molar-refractivity contribution in [2.75, 3.05) is 39.3 Å². The fourth-order valence-corrected chi connectivity index (χ4v) is 2.98. The smallest absolute Gasteiger partial charge is 0.338 e. The first-order chi connectivity index (χ1) is 12.8. The Kier molecular flexibility index (Phi) is 7.19. The van der Waals surface area contributed by atoms with Gasteiger partial charge in [0.2, 0.25) is 5.78 Å². The van der Waals surface area contributed by atoms with Crippen molar-refractivity contribution in [3.8, 4) is 0 Å². The van der Waals surface area contributed by atoms with Crippen molar-refractivity contribution in [3.63, 3.8) is 0 Å². The summed E-state index contributed by atoms with van der Waals surface area (Å²) >= 11 is 0. The summed E-state index contributed by atoms with van der Waals surface area (Å²) in [7, 11) is 5.53. The highest BCUT2D eigenvalue weighted by Crippen LogP contribution is 2.17. The van der Waals surface area contributed by atoms with Crippen molar-refractivity contribution in [1.82, 2.24) is 4.57 Å². The molecule has 0 spiro atoms. The summed E-state index contributed by atoms with van der Waals surface area (Å²) in [5.74, 6) is -0.693. The minimum Gasteiger partial charge on any atom is -0.454 e. The Balaban J connectivity index is 1.99. The highest BCUT2D eigenvalue weighted by Gasteiger charge is 2.18. The first-order valence-electron chi connectivity index (χ1n) is 8.98. The van der Waals surface area contributed by atoms with E-state index >= 15 is 0 Å². The number of anilines is 1. The second-order valence-corrected chi connectivity index (χ2v) is 6.72. The maximum atomic E-state index is 12.5. The Morgan fingerprint density at radius 3 is 2.37 bits per heavy atom. The molecule has 0 fully saturated rings. The average Bonchev–Trinajstić information content (AvgIpc) is 2.94. The van der Waals surface area contributed by atoms with E-state index in [4.69, 9.17) is 9.47 Å². The number of esters is 1. The third kappa shape index (κ3) is 5.20. The number of hydrogen-bond donors (Lipinski definition) is 0. The molecule has 0 aliphatic rings. The average molecular weight is 372 g/mol. The number of benzene rings is 1. The van der Waals surface area contributed by atoms with Crippen LogP contribution >= 0.6 is 0 Å². The number of hydrogen-bond acceptors (Lipinski definition) is 5. The lowest BCUT2D eigenvalue weighted by Crippen LogP contribution is -2.15. The van der Waals surface area contributed by atoms with Crippen LogP contribution in [0.1, 0.15) is 38.5 Å². The molecular formula is C21H28N2O4. The molecule has 0 radical (unpaired) electrons. The number of aryl methyl sites for hydroxylation is 1. The molecule has 0 bridgehead atoms. The van der Waals surface area contributed by atoms with Crippen LogP contribution in [0.3, 0.4) is 0 Å². The van der Waals surface area contributed by atoms with Crippen LogP contribution in [0.25, 0.3) is 0 Å². The number of Topliss-reactive ketones (excluding diaryl/α,β-unsaturated/α-hetero) is 1. The molecule has 0 amide bonds. The largest absolute Gasteiger partial charge is 0.454 e. The Morgan fingerprint density at radius 2 is 1.78 bits per heavy atom. The fraction of sp³-hybridized carbons (Fsp3) is 0.429. The second kappa shape index (κ2) is 9.37. The number of carbonyl (C=O) groups is 2. The molecule has 0 unspecified atom stereocenters. The van der Waals surface area contributed by atoms with E-state index in [1.54, 1.807) is 19.2 Å². The lowest BCUT2D eigenvalue weighted by molar-refractivity contribution is 0.0474. The Labute approximate surface area is 160 Å². The molecule has 0 saturated carbocycles. The van der Waals surface area contributed by atoms with Crippen LogP contribution in [0.15, 0.2) is 30.3 Å². The SMILES string of the molecule is COCCCn1c(C)cc(C(=O)COC(=O)c2ccc(N(C)C)cc2)c1C. The molecule has 2 aromatic rings. The zero-order valence-electron chi connectivity index (χ0n) is 16.7. The van der Waals surface area contributed by atoms with Gasteiger partial charge in [-0.2, -0.15) is 0 Å². The third-order valence-electron chi connectivity index (χ3n) is 4.56. The molecule has 1 heterocycles. The van der Waals surface area contributed by atoms with Crippen LogP contribution in [0.5, 0.6) is 0 Å². The lowest BCUT2D eigenvalue weighted by Gasteiger charge is -2.12. The summed E-state index contributed by atoms with van der Waals surface area (Å²) in [6, 6.07) is 8.93. The van der Waals surface area contributed by atoms with Crippen molar-refractivity contribution >= 4 is 17.4 Å². The number of nitrogens with zero attached hydrogens (tertiary/aromatic N) is 2. The third-order valence-corrected chi connectivity index (χ3v) is 4.56. The van der Waals surface area contributed by atoms with Crippen LogP contribution in [0.4, 0.5) is 5.69 Å². The van der Waals surface area contributed by atoms with Crippen LogP contribution < -0.4 is 4.90 Å². The van der Waals surface area contributed by atoms with Gasteiger partial charge in [0.05, 0.1) is 5.56 Å². The summed E-state index contributed by atoms with van der Waals surface area (Å²) in [6.45, 7) is 5.07. The van der Waals surface area contributed by atoms with E-state index in [2.05, 4.69) is 4.57 Å². The van der Waals surface area contributed by atoms with Gasteiger partial charge in [0, 0.05) is 57.0 Å². The molecule has 0 aliphatic carbocycles. The molecule has 1 aromatic carbocycles. The number of ketones is 1. The second-order valence-electron chi connectivity index (χ2n) is 6.72. The zero-order valence-corrected chi connectivity index (χ0v) is 16.7. The summed E-state index contributed by atoms with van der Waals surface area (Å²) in [6.07, 6.45) is 0.873. The molecular weight excluding hydrogens is 344 g/mol. The van der Waals surface area contributed by atoms with Gasteiger partial charge in [0.25, 0.3) is 0 Å². The first-order valence-corrected chi connectivity index (χ1v) is 8.98. The van der Waals surface area contributed by atoms with Crippen molar-refractivity contribution in [1.29, 1.82) is 0 Å². The molecule has 2 rings (SSSR count). The van der Waals surface area contributed by atoms with Crippen LogP contribution in [-0.2, 0) is 16.0 Å². The summed E-state index contributed by atoms with van der Waals surface area (Å²) in [5.41, 5.74) is 3.92. The minimum atomic E-state index is -0.498. The molecule has 27 heavy (non-hydrogen) atoms. The summed E-state index contributed by atoms with van der Waals surface area (Å²) in [5, 5.41) is 0. The van der Waals surface area contributed by atoms with E-state index in [1.807, 2.05) is 51.0 Å². The molecule has 146 valence electrons. The monoisotopic (exact) mass is 372 g/mol. The van der Waals surface area contributed by atoms with E-state index in [0.29, 0.717) is 17.7 Å². The van der Waals surface area contributed by atoms with Crippen LogP contribution in [0, 0.1) is 13.8 Å². The summed E-state index contributed by atoms with van der Waals surface area (Å²) < 4.78 is 12.4. The van der Waals surface area contributed by atoms with Crippen LogP contribution in [-0.4, -0.2) is 50.7 Å². The fourth-order valence-electron chi connectivity index (χ4n) is 2.98. The van der Waals surface area contributed by atoms with Gasteiger partial charge < -0.3 is 18.9 Å². The maximum absolute atomic E-state index is 12.5. The topological polar surface area (TPSA) is 60.8 Å². The Hall–Kier alpha value is -2.60. The van der Waals surface area contributed by atoms with E-state index in [1.165, 1.54) is 0 Å². The zero-order chi connectivity index (χ0) is 20.0. The van der Waals surface area contributed by atoms with Gasteiger partial charge in [0.1, 0.15) is 0 Å². The predicted octanol–water partition coefficient (Wildman–Crippen LogP) is 3.25. The van der Waals surface area contributed by atoms with Crippen molar-refractivity contribution < 1.29 is 19.1 Å². The molecule has 1 aromatic heterocycles. The number of rotatable bonds is 9. The molecule has 0 saturated heterocycles. The van der Waals surface area contributed by atoms with Crippen LogP contribution in [0.2, 0.25) is 0 Å². The van der Waals surface area contributed by atoms with Crippen molar-refractivity contribution in [2.45, 2.75) is 26.8 Å². The quantitative estimate of drug-likeness (QED) is 0.384. The number of methoxy groups -OCH3 is 1. The van der Waals surface area contributed by atoms with Crippen molar-refractivity contribution in [2.24, 2.45) is 0 Å². The lowest BCUT2D eigenvalue weighted by atomic mass is 10.1. The number of carbonyl (C=O) groups excluding carboxylic acids is 2. The normalized spacial score (nSPS) is 10.7. The minimum absolute atomic E-state index is 0.195. The van der Waals surface area contributed by atoms with Crippen molar-refractivity contribution in [3.05, 3.63) is 52.8 Å². The van der Waals surface area contributed by atoms with Gasteiger partial charge in [-0.05, 0) is 50.6 Å². The van der Waals surface area contributed by atoms with E-state index < -0.39 is 5.97 Å². The molecule has 0 atom stereocenters. The van der Waals surface area contributed by atoms with Gasteiger partial charge in [0.15, 0.2) is 6.61 Å². The van der Waals surface area contributed by atoms with Gasteiger partial charge >= 0.3 is 5.97 Å². The maximum Gasteiger partial charge on any atom is 0.338 e.